The van der Waals surface area contributed by atoms with Crippen LogP contribution in [0.2, 0.25) is 0 Å². The van der Waals surface area contributed by atoms with Crippen molar-refractivity contribution in [2.45, 2.75) is 19.9 Å². The average Bonchev–Trinajstić information content (AvgIpc) is 2.27. The fourth-order valence-corrected chi connectivity index (χ4v) is 1.98. The van der Waals surface area contributed by atoms with Crippen molar-refractivity contribution in [3.63, 3.8) is 0 Å². The zero-order valence-corrected chi connectivity index (χ0v) is 11.9. The average molecular weight is 266 g/mol. The molecule has 0 amide bonds. The molecule has 0 aromatic heterocycles. The minimum absolute atomic E-state index is 0.0954. The van der Waals surface area contributed by atoms with Crippen molar-refractivity contribution in [1.82, 2.24) is 4.90 Å². The summed E-state index contributed by atoms with van der Waals surface area (Å²) in [7, 11) is 3.99. The van der Waals surface area contributed by atoms with Crippen molar-refractivity contribution in [3.05, 3.63) is 28.3 Å². The molecule has 1 unspecified atom stereocenters. The van der Waals surface area contributed by atoms with E-state index in [2.05, 4.69) is 15.5 Å². The number of rotatable bonds is 7. The van der Waals surface area contributed by atoms with Crippen LogP contribution in [0.3, 0.4) is 0 Å². The lowest BCUT2D eigenvalue weighted by Gasteiger charge is -2.19. The Labute approximate surface area is 113 Å². The summed E-state index contributed by atoms with van der Waals surface area (Å²) in [4.78, 5) is 12.6. The van der Waals surface area contributed by atoms with Crippen molar-refractivity contribution in [2.75, 3.05) is 37.8 Å². The zero-order valence-electron chi connectivity index (χ0n) is 11.9. The van der Waals surface area contributed by atoms with Gasteiger partial charge in [0.1, 0.15) is 0 Å². The molecule has 19 heavy (non-hydrogen) atoms. The van der Waals surface area contributed by atoms with Crippen LogP contribution in [0.25, 0.3) is 0 Å². The number of anilines is 2. The van der Waals surface area contributed by atoms with Crippen molar-refractivity contribution >= 4 is 17.1 Å². The molecule has 0 fully saturated rings. The Morgan fingerprint density at radius 1 is 1.32 bits per heavy atom. The fraction of sp³-hybridized carbons (Fsp3) is 0.538. The smallest absolute Gasteiger partial charge is 0.273 e. The maximum atomic E-state index is 10.9. The Bertz CT molecular complexity index is 435. The van der Waals surface area contributed by atoms with Crippen molar-refractivity contribution in [2.24, 2.45) is 0 Å². The van der Waals surface area contributed by atoms with Gasteiger partial charge in [0.2, 0.25) is 0 Å². The molecule has 0 aliphatic carbocycles. The first kappa shape index (κ1) is 15.2. The quantitative estimate of drug-likeness (QED) is 0.585. The number of nitrogens with zero attached hydrogens (tertiary/aromatic N) is 2. The summed E-state index contributed by atoms with van der Waals surface area (Å²) in [5, 5.41) is 17.3. The largest absolute Gasteiger partial charge is 0.385 e. The van der Waals surface area contributed by atoms with Crippen molar-refractivity contribution in [3.8, 4) is 0 Å². The first-order valence-electron chi connectivity index (χ1n) is 6.37. The number of benzene rings is 1. The molecule has 1 aromatic carbocycles. The maximum absolute atomic E-state index is 10.9. The molecule has 0 bridgehead atoms. The SMILES string of the molecule is CCNc1cc(NC(C)CN(C)C)cc([N+](=O)[O-])c1. The molecule has 106 valence electrons. The summed E-state index contributed by atoms with van der Waals surface area (Å²) in [5.74, 6) is 0. The van der Waals surface area contributed by atoms with Crippen LogP contribution in [0.1, 0.15) is 13.8 Å². The summed E-state index contributed by atoms with van der Waals surface area (Å²) in [6.07, 6.45) is 0. The fourth-order valence-electron chi connectivity index (χ4n) is 1.98. The van der Waals surface area contributed by atoms with Crippen LogP contribution in [-0.4, -0.2) is 43.0 Å². The molecular weight excluding hydrogens is 244 g/mol. The van der Waals surface area contributed by atoms with E-state index in [9.17, 15) is 10.1 Å². The first-order valence-corrected chi connectivity index (χ1v) is 6.37. The number of nitro groups is 1. The van der Waals surface area contributed by atoms with Crippen LogP contribution in [-0.2, 0) is 0 Å². The molecule has 0 aliphatic rings. The number of hydrogen-bond acceptors (Lipinski definition) is 5. The second kappa shape index (κ2) is 6.94. The van der Waals surface area contributed by atoms with Crippen LogP contribution in [0.15, 0.2) is 18.2 Å². The van der Waals surface area contributed by atoms with Gasteiger partial charge in [0.25, 0.3) is 5.69 Å². The highest BCUT2D eigenvalue weighted by atomic mass is 16.6. The van der Waals surface area contributed by atoms with E-state index in [0.717, 1.165) is 24.5 Å². The highest BCUT2D eigenvalue weighted by Crippen LogP contribution is 2.24. The van der Waals surface area contributed by atoms with Gasteiger partial charge in [-0.1, -0.05) is 0 Å². The van der Waals surface area contributed by atoms with Gasteiger partial charge in [-0.2, -0.15) is 0 Å². The van der Waals surface area contributed by atoms with Gasteiger partial charge in [0.05, 0.1) is 4.92 Å². The van der Waals surface area contributed by atoms with Gasteiger partial charge in [-0.05, 0) is 34.0 Å². The van der Waals surface area contributed by atoms with E-state index in [1.165, 1.54) is 0 Å². The van der Waals surface area contributed by atoms with Gasteiger partial charge >= 0.3 is 0 Å². The first-order chi connectivity index (χ1) is 8.92. The summed E-state index contributed by atoms with van der Waals surface area (Å²) in [6, 6.07) is 5.22. The van der Waals surface area contributed by atoms with Crippen LogP contribution in [0.5, 0.6) is 0 Å². The van der Waals surface area contributed by atoms with Gasteiger partial charge in [0.15, 0.2) is 0 Å². The zero-order chi connectivity index (χ0) is 14.4. The van der Waals surface area contributed by atoms with Gasteiger partial charge in [-0.15, -0.1) is 0 Å². The molecule has 0 aliphatic heterocycles. The van der Waals surface area contributed by atoms with Gasteiger partial charge < -0.3 is 15.5 Å². The molecule has 0 heterocycles. The lowest BCUT2D eigenvalue weighted by Crippen LogP contribution is -2.29. The predicted octanol–water partition coefficient (Wildman–Crippen LogP) is 2.39. The van der Waals surface area contributed by atoms with E-state index < -0.39 is 0 Å². The topological polar surface area (TPSA) is 70.4 Å². The van der Waals surface area contributed by atoms with Crippen LogP contribution in [0.4, 0.5) is 17.1 Å². The Morgan fingerprint density at radius 3 is 2.47 bits per heavy atom. The van der Waals surface area contributed by atoms with E-state index in [1.807, 2.05) is 34.0 Å². The summed E-state index contributed by atoms with van der Waals surface area (Å²) in [6.45, 7) is 5.60. The molecule has 0 saturated carbocycles. The summed E-state index contributed by atoms with van der Waals surface area (Å²) >= 11 is 0. The van der Waals surface area contributed by atoms with E-state index in [4.69, 9.17) is 0 Å². The molecule has 2 N–H and O–H groups in total. The molecule has 6 heteroatoms. The van der Waals surface area contributed by atoms with E-state index in [0.29, 0.717) is 0 Å². The minimum atomic E-state index is -0.372. The highest BCUT2D eigenvalue weighted by molar-refractivity contribution is 5.63. The minimum Gasteiger partial charge on any atom is -0.385 e. The third-order valence-corrected chi connectivity index (χ3v) is 2.56. The Morgan fingerprint density at radius 2 is 1.95 bits per heavy atom. The molecule has 1 atom stereocenters. The van der Waals surface area contributed by atoms with Crippen molar-refractivity contribution < 1.29 is 4.92 Å². The number of nitro benzene ring substituents is 1. The Hall–Kier alpha value is -1.82. The molecule has 0 saturated heterocycles. The third-order valence-electron chi connectivity index (χ3n) is 2.56. The molecule has 0 radical (unpaired) electrons. The molecule has 6 nitrogen and oxygen atoms in total. The highest BCUT2D eigenvalue weighted by Gasteiger charge is 2.11. The van der Waals surface area contributed by atoms with E-state index in [-0.39, 0.29) is 16.7 Å². The van der Waals surface area contributed by atoms with E-state index >= 15 is 0 Å². The van der Waals surface area contributed by atoms with Crippen molar-refractivity contribution in [1.29, 1.82) is 0 Å². The molecule has 1 rings (SSSR count). The number of likely N-dealkylation sites (N-methyl/N-ethyl adjacent to an activating group) is 1. The standard InChI is InChI=1S/C13H22N4O2/c1-5-14-11-6-12(8-13(7-11)17(18)19)15-10(2)9-16(3)4/h6-8,10,14-15H,5,9H2,1-4H3. The van der Waals surface area contributed by atoms with Crippen LogP contribution in [0, 0.1) is 10.1 Å². The monoisotopic (exact) mass is 266 g/mol. The second-order valence-electron chi connectivity index (χ2n) is 4.86. The van der Waals surface area contributed by atoms with Gasteiger partial charge in [-0.3, -0.25) is 10.1 Å². The Balaban J connectivity index is 2.89. The van der Waals surface area contributed by atoms with Crippen LogP contribution < -0.4 is 10.6 Å². The predicted molar refractivity (Wildman–Crippen MR) is 78.9 cm³/mol. The lowest BCUT2D eigenvalue weighted by molar-refractivity contribution is -0.384. The third kappa shape index (κ3) is 5.13. The molecular formula is C13H22N4O2. The summed E-state index contributed by atoms with van der Waals surface area (Å²) < 4.78 is 0. The lowest BCUT2D eigenvalue weighted by atomic mass is 10.2. The number of non-ortho nitro benzene ring substituents is 1. The summed E-state index contributed by atoms with van der Waals surface area (Å²) in [5.41, 5.74) is 1.62. The molecule has 0 spiro atoms. The molecule has 1 aromatic rings. The maximum Gasteiger partial charge on any atom is 0.273 e. The number of hydrogen-bond donors (Lipinski definition) is 2. The van der Waals surface area contributed by atoms with Gasteiger partial charge in [-0.25, -0.2) is 0 Å². The van der Waals surface area contributed by atoms with Gasteiger partial charge in [0, 0.05) is 42.6 Å². The normalized spacial score (nSPS) is 12.3. The van der Waals surface area contributed by atoms with E-state index in [1.54, 1.807) is 12.1 Å². The number of nitrogens with one attached hydrogen (secondary N) is 2. The second-order valence-corrected chi connectivity index (χ2v) is 4.86. The van der Waals surface area contributed by atoms with Crippen LogP contribution >= 0.6 is 0 Å². The Kier molecular flexibility index (Phi) is 5.57.